The number of rotatable bonds is 7. The number of nitrogens with two attached hydrogens (primary N) is 1. The van der Waals surface area contributed by atoms with Crippen molar-refractivity contribution in [2.45, 2.75) is 13.0 Å². The molecule has 10 heteroatoms. The molecule has 2 heterocycles. The molecule has 1 saturated heterocycles. The van der Waals surface area contributed by atoms with E-state index in [-0.39, 0.29) is 23.6 Å². The number of urea groups is 1. The van der Waals surface area contributed by atoms with Gasteiger partial charge in [0.25, 0.3) is 5.91 Å². The minimum Gasteiger partial charge on any atom is -0.378 e. The summed E-state index contributed by atoms with van der Waals surface area (Å²) in [6.07, 6.45) is 1.39. The lowest BCUT2D eigenvalue weighted by Crippen LogP contribution is -2.43. The fraction of sp³-hybridized carbons (Fsp3) is 0.250. The first-order chi connectivity index (χ1) is 16.5. The van der Waals surface area contributed by atoms with E-state index in [9.17, 15) is 9.59 Å². The summed E-state index contributed by atoms with van der Waals surface area (Å²) in [5.41, 5.74) is 8.06. The third-order valence-corrected chi connectivity index (χ3v) is 5.38. The highest BCUT2D eigenvalue weighted by Crippen LogP contribution is 2.24. The second kappa shape index (κ2) is 10.6. The minimum atomic E-state index is -0.623. The lowest BCUT2D eigenvalue weighted by Gasteiger charge is -2.27. The Morgan fingerprint density at radius 3 is 2.53 bits per heavy atom. The lowest BCUT2D eigenvalue weighted by atomic mass is 10.1. The number of morpholine rings is 1. The molecule has 0 spiro atoms. The normalized spacial score (nSPS) is 14.2. The number of carbonyl (C=O) groups is 2. The molecule has 5 N–H and O–H groups in total. The molecule has 1 atom stereocenters. The van der Waals surface area contributed by atoms with Gasteiger partial charge in [-0.25, -0.2) is 9.78 Å². The SMILES string of the molecule is C[C@@H](Nc1nc(Nc2cccc(NC(=O)N3CCOCC3)c2)ncc1C(N)=O)c1ccccc1. The van der Waals surface area contributed by atoms with Crippen LogP contribution in [0.3, 0.4) is 0 Å². The van der Waals surface area contributed by atoms with Crippen LogP contribution in [0.2, 0.25) is 0 Å². The zero-order valence-electron chi connectivity index (χ0n) is 18.8. The van der Waals surface area contributed by atoms with Crippen molar-refractivity contribution in [1.82, 2.24) is 14.9 Å². The van der Waals surface area contributed by atoms with Gasteiger partial charge in [-0.3, -0.25) is 4.79 Å². The van der Waals surface area contributed by atoms with Crippen LogP contribution in [0.25, 0.3) is 0 Å². The zero-order chi connectivity index (χ0) is 23.9. The van der Waals surface area contributed by atoms with Crippen LogP contribution in [0.4, 0.5) is 27.9 Å². The van der Waals surface area contributed by atoms with Crippen LogP contribution in [0.5, 0.6) is 0 Å². The minimum absolute atomic E-state index is 0.110. The number of carbonyl (C=O) groups excluding carboxylic acids is 2. The van der Waals surface area contributed by atoms with Crippen molar-refractivity contribution in [2.24, 2.45) is 5.73 Å². The molecule has 0 aliphatic carbocycles. The summed E-state index contributed by atoms with van der Waals surface area (Å²) in [7, 11) is 0. The van der Waals surface area contributed by atoms with E-state index in [0.29, 0.717) is 43.5 Å². The molecule has 0 saturated carbocycles. The van der Waals surface area contributed by atoms with E-state index in [4.69, 9.17) is 10.5 Å². The molecular weight excluding hydrogens is 434 g/mol. The van der Waals surface area contributed by atoms with Gasteiger partial charge in [0.15, 0.2) is 0 Å². The van der Waals surface area contributed by atoms with Crippen LogP contribution in [-0.2, 0) is 4.74 Å². The van der Waals surface area contributed by atoms with Crippen LogP contribution in [0.15, 0.2) is 60.8 Å². The Kier molecular flexibility index (Phi) is 7.19. The molecule has 3 amide bonds. The predicted molar refractivity (Wildman–Crippen MR) is 130 cm³/mol. The molecule has 10 nitrogen and oxygen atoms in total. The Hall–Kier alpha value is -4.18. The summed E-state index contributed by atoms with van der Waals surface area (Å²) in [6.45, 7) is 4.15. The molecular formula is C24H27N7O3. The van der Waals surface area contributed by atoms with Gasteiger partial charge in [0.05, 0.1) is 18.8 Å². The van der Waals surface area contributed by atoms with Crippen molar-refractivity contribution >= 4 is 35.1 Å². The van der Waals surface area contributed by atoms with Gasteiger partial charge < -0.3 is 31.3 Å². The van der Waals surface area contributed by atoms with E-state index >= 15 is 0 Å². The molecule has 2 aromatic carbocycles. The number of hydrogen-bond donors (Lipinski definition) is 4. The lowest BCUT2D eigenvalue weighted by molar-refractivity contribution is 0.0564. The first-order valence-corrected chi connectivity index (χ1v) is 11.0. The first-order valence-electron chi connectivity index (χ1n) is 11.0. The van der Waals surface area contributed by atoms with E-state index < -0.39 is 5.91 Å². The number of primary amides is 1. The highest BCUT2D eigenvalue weighted by Gasteiger charge is 2.18. The number of aromatic nitrogens is 2. The summed E-state index contributed by atoms with van der Waals surface area (Å²) in [5.74, 6) is -0.00956. The Labute approximate surface area is 197 Å². The van der Waals surface area contributed by atoms with Crippen LogP contribution in [0.1, 0.15) is 28.9 Å². The maximum atomic E-state index is 12.5. The number of ether oxygens (including phenoxy) is 1. The third-order valence-electron chi connectivity index (χ3n) is 5.38. The summed E-state index contributed by atoms with van der Waals surface area (Å²) < 4.78 is 5.29. The van der Waals surface area contributed by atoms with Crippen LogP contribution >= 0.6 is 0 Å². The van der Waals surface area contributed by atoms with E-state index in [1.165, 1.54) is 6.20 Å². The van der Waals surface area contributed by atoms with Gasteiger partial charge in [0, 0.05) is 36.7 Å². The van der Waals surface area contributed by atoms with Gasteiger partial charge in [0.2, 0.25) is 5.95 Å². The van der Waals surface area contributed by atoms with E-state index in [2.05, 4.69) is 25.9 Å². The average Bonchev–Trinajstić information content (AvgIpc) is 2.85. The Bertz CT molecular complexity index is 1150. The summed E-state index contributed by atoms with van der Waals surface area (Å²) in [4.78, 5) is 34.8. The van der Waals surface area contributed by atoms with Gasteiger partial charge in [0.1, 0.15) is 5.82 Å². The number of benzene rings is 2. The second-order valence-electron chi connectivity index (χ2n) is 7.83. The summed E-state index contributed by atoms with van der Waals surface area (Å²) >= 11 is 0. The fourth-order valence-electron chi connectivity index (χ4n) is 3.54. The number of nitrogens with zero attached hydrogens (tertiary/aromatic N) is 3. The third kappa shape index (κ3) is 5.78. The van der Waals surface area contributed by atoms with Gasteiger partial charge in [-0.15, -0.1) is 0 Å². The average molecular weight is 462 g/mol. The largest absolute Gasteiger partial charge is 0.378 e. The topological polar surface area (TPSA) is 134 Å². The highest BCUT2D eigenvalue weighted by atomic mass is 16.5. The summed E-state index contributed by atoms with van der Waals surface area (Å²) in [5, 5.41) is 9.26. The van der Waals surface area contributed by atoms with E-state index in [1.54, 1.807) is 17.0 Å². The number of nitrogens with one attached hydrogen (secondary N) is 3. The van der Waals surface area contributed by atoms with Gasteiger partial charge in [-0.1, -0.05) is 36.4 Å². The molecule has 1 fully saturated rings. The molecule has 0 bridgehead atoms. The van der Waals surface area contributed by atoms with E-state index in [0.717, 1.165) is 5.56 Å². The highest BCUT2D eigenvalue weighted by molar-refractivity contribution is 5.97. The van der Waals surface area contributed by atoms with Crippen molar-refractivity contribution in [2.75, 3.05) is 42.3 Å². The maximum Gasteiger partial charge on any atom is 0.322 e. The number of anilines is 4. The van der Waals surface area contributed by atoms with Crippen LogP contribution in [0, 0.1) is 0 Å². The molecule has 1 aliphatic heterocycles. The van der Waals surface area contributed by atoms with Crippen molar-refractivity contribution < 1.29 is 14.3 Å². The van der Waals surface area contributed by atoms with Crippen molar-refractivity contribution in [1.29, 1.82) is 0 Å². The maximum absolute atomic E-state index is 12.5. The zero-order valence-corrected chi connectivity index (χ0v) is 18.8. The Morgan fingerprint density at radius 2 is 1.79 bits per heavy atom. The van der Waals surface area contributed by atoms with E-state index in [1.807, 2.05) is 49.4 Å². The molecule has 0 unspecified atom stereocenters. The molecule has 4 rings (SSSR count). The molecule has 1 aromatic heterocycles. The fourth-order valence-corrected chi connectivity index (χ4v) is 3.54. The second-order valence-corrected chi connectivity index (χ2v) is 7.83. The van der Waals surface area contributed by atoms with Crippen LogP contribution < -0.4 is 21.7 Å². The number of amides is 3. The first kappa shape index (κ1) is 23.0. The Morgan fingerprint density at radius 1 is 1.06 bits per heavy atom. The molecule has 176 valence electrons. The van der Waals surface area contributed by atoms with Crippen molar-refractivity contribution in [3.05, 3.63) is 71.9 Å². The standard InChI is InChI=1S/C24H27N7O3/c1-16(17-6-3-2-4-7-17)27-22-20(21(25)32)15-26-23(30-22)28-18-8-5-9-19(14-18)29-24(33)31-10-12-34-13-11-31/h2-9,14-16H,10-13H2,1H3,(H2,25,32)(H,29,33)(H2,26,27,28,30)/t16-/m1/s1. The monoisotopic (exact) mass is 461 g/mol. The molecule has 3 aromatic rings. The van der Waals surface area contributed by atoms with Crippen molar-refractivity contribution in [3.63, 3.8) is 0 Å². The predicted octanol–water partition coefficient (Wildman–Crippen LogP) is 3.36. The van der Waals surface area contributed by atoms with Crippen molar-refractivity contribution in [3.8, 4) is 0 Å². The van der Waals surface area contributed by atoms with Crippen LogP contribution in [-0.4, -0.2) is 53.1 Å². The van der Waals surface area contributed by atoms with Gasteiger partial charge >= 0.3 is 6.03 Å². The molecule has 34 heavy (non-hydrogen) atoms. The Balaban J connectivity index is 1.49. The van der Waals surface area contributed by atoms with Gasteiger partial charge in [-0.05, 0) is 30.7 Å². The smallest absolute Gasteiger partial charge is 0.322 e. The quantitative estimate of drug-likeness (QED) is 0.424. The molecule has 0 radical (unpaired) electrons. The molecule has 1 aliphatic rings. The van der Waals surface area contributed by atoms with Gasteiger partial charge in [-0.2, -0.15) is 4.98 Å². The summed E-state index contributed by atoms with van der Waals surface area (Å²) in [6, 6.07) is 16.7. The number of hydrogen-bond acceptors (Lipinski definition) is 7.